The van der Waals surface area contributed by atoms with Crippen LogP contribution in [0, 0.1) is 11.3 Å². The molecule has 2 aromatic heterocycles. The quantitative estimate of drug-likeness (QED) is 0.688. The Morgan fingerprint density at radius 2 is 2.27 bits per heavy atom. The van der Waals surface area contributed by atoms with Crippen LogP contribution in [0.2, 0.25) is 0 Å². The fourth-order valence-electron chi connectivity index (χ4n) is 2.37. The average Bonchev–Trinajstić information content (AvgIpc) is 3.10. The van der Waals surface area contributed by atoms with Gasteiger partial charge in [0.05, 0.1) is 23.9 Å². The fourth-order valence-corrected chi connectivity index (χ4v) is 2.95. The van der Waals surface area contributed by atoms with Crippen LogP contribution in [0.3, 0.4) is 0 Å². The fraction of sp³-hybridized carbons (Fsp3) is 0.0667. The van der Waals surface area contributed by atoms with E-state index in [0.29, 0.717) is 5.69 Å². The average molecular weight is 359 g/mol. The number of nitrogens with zero attached hydrogens (tertiary/aromatic N) is 2. The van der Waals surface area contributed by atoms with Gasteiger partial charge in [-0.2, -0.15) is 5.26 Å². The third-order valence-corrected chi connectivity index (χ3v) is 4.04. The van der Waals surface area contributed by atoms with Crippen LogP contribution < -0.4 is 5.73 Å². The molecule has 0 aliphatic rings. The zero-order valence-electron chi connectivity index (χ0n) is 11.6. The molecule has 0 aliphatic carbocycles. The summed E-state index contributed by atoms with van der Waals surface area (Å²) in [6, 6.07) is 7.63. The van der Waals surface area contributed by atoms with E-state index in [1.54, 1.807) is 4.57 Å². The molecule has 110 valence electrons. The van der Waals surface area contributed by atoms with Crippen molar-refractivity contribution in [2.45, 2.75) is 0 Å². The molecule has 0 amide bonds. The molecule has 3 rings (SSSR count). The van der Waals surface area contributed by atoms with Gasteiger partial charge in [-0.3, -0.25) is 0 Å². The van der Waals surface area contributed by atoms with E-state index >= 15 is 0 Å². The van der Waals surface area contributed by atoms with Crippen LogP contribution in [0.5, 0.6) is 0 Å². The Morgan fingerprint density at radius 3 is 2.95 bits per heavy atom. The van der Waals surface area contributed by atoms with Crippen molar-refractivity contribution in [3.8, 4) is 11.8 Å². The highest BCUT2D eigenvalue weighted by atomic mass is 79.9. The van der Waals surface area contributed by atoms with Crippen molar-refractivity contribution in [1.29, 1.82) is 5.26 Å². The summed E-state index contributed by atoms with van der Waals surface area (Å²) < 4.78 is 7.18. The Morgan fingerprint density at radius 1 is 1.50 bits per heavy atom. The lowest BCUT2D eigenvalue weighted by Gasteiger charge is -2.09. The highest BCUT2D eigenvalue weighted by molar-refractivity contribution is 9.10. The molecule has 7 heteroatoms. The van der Waals surface area contributed by atoms with E-state index in [1.807, 2.05) is 30.5 Å². The van der Waals surface area contributed by atoms with Crippen molar-refractivity contribution in [3.05, 3.63) is 46.3 Å². The highest BCUT2D eigenvalue weighted by Crippen LogP contribution is 2.30. The highest BCUT2D eigenvalue weighted by Gasteiger charge is 2.22. The molecule has 0 fully saturated rings. The molecule has 0 atom stereocenters. The van der Waals surface area contributed by atoms with Gasteiger partial charge in [-0.05, 0) is 34.1 Å². The summed E-state index contributed by atoms with van der Waals surface area (Å²) >= 11 is 3.49. The zero-order chi connectivity index (χ0) is 15.9. The van der Waals surface area contributed by atoms with Crippen LogP contribution in [0.1, 0.15) is 16.1 Å². The smallest absolute Gasteiger partial charge is 0.357 e. The number of carbonyl (C=O) groups excluding carboxylic acids is 1. The molecule has 2 heterocycles. The molecule has 22 heavy (non-hydrogen) atoms. The minimum Gasteiger partial charge on any atom is -0.464 e. The summed E-state index contributed by atoms with van der Waals surface area (Å²) in [5, 5.41) is 10.1. The lowest BCUT2D eigenvalue weighted by molar-refractivity contribution is 0.0593. The number of rotatable bonds is 2. The van der Waals surface area contributed by atoms with Crippen LogP contribution >= 0.6 is 15.9 Å². The minimum absolute atomic E-state index is 0.111. The largest absolute Gasteiger partial charge is 0.464 e. The number of methoxy groups -OCH3 is 1. The molecule has 0 aliphatic heterocycles. The lowest BCUT2D eigenvalue weighted by atomic mass is 10.2. The normalized spacial score (nSPS) is 10.6. The number of hydrogen-bond donors (Lipinski definition) is 2. The maximum atomic E-state index is 12.0. The van der Waals surface area contributed by atoms with E-state index < -0.39 is 5.97 Å². The molecule has 0 saturated carbocycles. The number of halogens is 1. The van der Waals surface area contributed by atoms with Crippen LogP contribution in [-0.2, 0) is 4.74 Å². The number of ether oxygens (including phenoxy) is 1. The summed E-state index contributed by atoms with van der Waals surface area (Å²) in [5.41, 5.74) is 8.02. The molecule has 0 saturated heterocycles. The Hall–Kier alpha value is -2.72. The number of aromatic amines is 1. The maximum absolute atomic E-state index is 12.0. The third-order valence-electron chi connectivity index (χ3n) is 3.42. The molecular weight excluding hydrogens is 348 g/mol. The number of nitrogen functional groups attached to an aromatic ring is 1. The van der Waals surface area contributed by atoms with Crippen LogP contribution in [0.15, 0.2) is 35.1 Å². The molecule has 0 radical (unpaired) electrons. The third kappa shape index (κ3) is 2.05. The number of nitrogens with one attached hydrogen (secondary N) is 1. The van der Waals surface area contributed by atoms with E-state index in [0.717, 1.165) is 15.4 Å². The molecule has 3 aromatic rings. The predicted octanol–water partition coefficient (Wildman–Crippen LogP) is 2.96. The number of benzene rings is 1. The van der Waals surface area contributed by atoms with Crippen molar-refractivity contribution in [2.24, 2.45) is 0 Å². The number of fused-ring (bicyclic) bond motifs is 1. The summed E-state index contributed by atoms with van der Waals surface area (Å²) in [6.07, 6.45) is 3.35. The van der Waals surface area contributed by atoms with Crippen LogP contribution in [-0.4, -0.2) is 22.6 Å². The first kappa shape index (κ1) is 14.2. The Bertz CT molecular complexity index is 933. The van der Waals surface area contributed by atoms with Gasteiger partial charge in [-0.15, -0.1) is 0 Å². The first-order valence-corrected chi connectivity index (χ1v) is 7.12. The molecule has 1 aromatic carbocycles. The van der Waals surface area contributed by atoms with Gasteiger partial charge in [0.25, 0.3) is 0 Å². The monoisotopic (exact) mass is 358 g/mol. The zero-order valence-corrected chi connectivity index (χ0v) is 13.1. The van der Waals surface area contributed by atoms with E-state index in [4.69, 9.17) is 15.7 Å². The van der Waals surface area contributed by atoms with Gasteiger partial charge in [-0.25, -0.2) is 4.79 Å². The summed E-state index contributed by atoms with van der Waals surface area (Å²) in [5.74, 6) is -0.593. The second kappa shape index (κ2) is 5.24. The van der Waals surface area contributed by atoms with Gasteiger partial charge in [0, 0.05) is 27.9 Å². The topological polar surface area (TPSA) is 96.8 Å². The second-order valence-electron chi connectivity index (χ2n) is 4.65. The van der Waals surface area contributed by atoms with Gasteiger partial charge in [0.2, 0.25) is 0 Å². The SMILES string of the molecule is COC(=O)c1c(N)c(C#N)cn1-c1cc(Br)c2[nH]ccc2c1. The van der Waals surface area contributed by atoms with Crippen LogP contribution in [0.25, 0.3) is 16.6 Å². The van der Waals surface area contributed by atoms with Gasteiger partial charge < -0.3 is 20.0 Å². The minimum atomic E-state index is -0.593. The summed E-state index contributed by atoms with van der Waals surface area (Å²) in [7, 11) is 1.27. The molecule has 0 spiro atoms. The Labute approximate surface area is 134 Å². The van der Waals surface area contributed by atoms with Crippen molar-refractivity contribution in [3.63, 3.8) is 0 Å². The first-order valence-electron chi connectivity index (χ1n) is 6.33. The van der Waals surface area contributed by atoms with E-state index in [1.165, 1.54) is 13.3 Å². The lowest BCUT2D eigenvalue weighted by Crippen LogP contribution is -2.11. The molecule has 0 unspecified atom stereocenters. The van der Waals surface area contributed by atoms with Gasteiger partial charge >= 0.3 is 5.97 Å². The van der Waals surface area contributed by atoms with Crippen LogP contribution in [0.4, 0.5) is 5.69 Å². The number of carbonyl (C=O) groups is 1. The van der Waals surface area contributed by atoms with Gasteiger partial charge in [0.15, 0.2) is 5.69 Å². The molecular formula is C15H11BrN4O2. The van der Waals surface area contributed by atoms with Crippen molar-refractivity contribution >= 4 is 38.5 Å². The standard InChI is InChI=1S/C15H11BrN4O2/c1-22-15(21)14-12(18)9(6-17)7-20(14)10-4-8-2-3-19-13(8)11(16)5-10/h2-5,7,19H,18H2,1H3. The first-order chi connectivity index (χ1) is 10.6. The number of H-pyrrole nitrogens is 1. The van der Waals surface area contributed by atoms with Gasteiger partial charge in [0.1, 0.15) is 6.07 Å². The van der Waals surface area contributed by atoms with E-state index in [2.05, 4.69) is 20.9 Å². The molecule has 3 N–H and O–H groups in total. The summed E-state index contributed by atoms with van der Waals surface area (Å²) in [4.78, 5) is 15.1. The number of nitrogens with two attached hydrogens (primary N) is 1. The van der Waals surface area contributed by atoms with Gasteiger partial charge in [-0.1, -0.05) is 0 Å². The van der Waals surface area contributed by atoms with E-state index in [9.17, 15) is 4.79 Å². The molecule has 0 bridgehead atoms. The predicted molar refractivity (Wildman–Crippen MR) is 85.8 cm³/mol. The van der Waals surface area contributed by atoms with E-state index in [-0.39, 0.29) is 16.9 Å². The van der Waals surface area contributed by atoms with Crippen molar-refractivity contribution in [1.82, 2.24) is 9.55 Å². The Balaban J connectivity index is 2.30. The second-order valence-corrected chi connectivity index (χ2v) is 5.50. The number of esters is 1. The summed E-state index contributed by atoms with van der Waals surface area (Å²) in [6.45, 7) is 0. The number of anilines is 1. The van der Waals surface area contributed by atoms with Crippen molar-refractivity contribution in [2.75, 3.05) is 12.8 Å². The molecule has 6 nitrogen and oxygen atoms in total. The number of hydrogen-bond acceptors (Lipinski definition) is 4. The maximum Gasteiger partial charge on any atom is 0.357 e. The number of aromatic nitrogens is 2. The Kier molecular flexibility index (Phi) is 3.39. The number of nitriles is 1. The van der Waals surface area contributed by atoms with Crippen molar-refractivity contribution < 1.29 is 9.53 Å².